The van der Waals surface area contributed by atoms with Gasteiger partial charge in [0.15, 0.2) is 11.5 Å². The van der Waals surface area contributed by atoms with Gasteiger partial charge in [0.05, 0.1) is 7.11 Å². The average Bonchev–Trinajstić information content (AvgIpc) is 2.77. The van der Waals surface area contributed by atoms with Gasteiger partial charge < -0.3 is 9.26 Å². The van der Waals surface area contributed by atoms with E-state index >= 15 is 0 Å². The van der Waals surface area contributed by atoms with Crippen molar-refractivity contribution in [3.05, 3.63) is 41.1 Å². The Morgan fingerprint density at radius 3 is 2.71 bits per heavy atom. The third kappa shape index (κ3) is 2.20. The van der Waals surface area contributed by atoms with Gasteiger partial charge in [0.1, 0.15) is 0 Å². The zero-order valence-electron chi connectivity index (χ0n) is 9.98. The highest BCUT2D eigenvalue weighted by Crippen LogP contribution is 2.25. The van der Waals surface area contributed by atoms with E-state index in [4.69, 9.17) is 4.52 Å². The molecule has 0 saturated carbocycles. The van der Waals surface area contributed by atoms with Gasteiger partial charge in [-0.2, -0.15) is 0 Å². The van der Waals surface area contributed by atoms with Crippen molar-refractivity contribution in [2.45, 2.75) is 13.8 Å². The van der Waals surface area contributed by atoms with Crippen molar-refractivity contribution in [3.8, 4) is 11.3 Å². The van der Waals surface area contributed by atoms with Crippen LogP contribution in [-0.2, 0) is 4.74 Å². The van der Waals surface area contributed by atoms with E-state index in [1.165, 1.54) is 12.7 Å². The largest absolute Gasteiger partial charge is 0.464 e. The summed E-state index contributed by atoms with van der Waals surface area (Å²) in [4.78, 5) is 11.3. The Bertz CT molecular complexity index is 558. The van der Waals surface area contributed by atoms with Gasteiger partial charge in [-0.3, -0.25) is 0 Å². The molecule has 1 aromatic heterocycles. The second kappa shape index (κ2) is 4.41. The molecule has 0 aliphatic rings. The van der Waals surface area contributed by atoms with Gasteiger partial charge >= 0.3 is 5.97 Å². The van der Waals surface area contributed by atoms with E-state index in [0.717, 1.165) is 11.1 Å². The smallest absolute Gasteiger partial charge is 0.360 e. The van der Waals surface area contributed by atoms with Crippen LogP contribution >= 0.6 is 0 Å². The van der Waals surface area contributed by atoms with E-state index in [1.54, 1.807) is 6.07 Å². The van der Waals surface area contributed by atoms with Crippen LogP contribution in [0.15, 0.2) is 28.8 Å². The molecule has 1 aromatic carbocycles. The van der Waals surface area contributed by atoms with Crippen molar-refractivity contribution < 1.29 is 14.1 Å². The molecular weight excluding hydrogens is 218 g/mol. The lowest BCUT2D eigenvalue weighted by Gasteiger charge is -2.01. The minimum atomic E-state index is -0.496. The molecule has 4 heteroatoms. The van der Waals surface area contributed by atoms with Gasteiger partial charge in [-0.05, 0) is 19.4 Å². The van der Waals surface area contributed by atoms with Crippen LogP contribution in [0, 0.1) is 13.8 Å². The maximum atomic E-state index is 11.3. The van der Waals surface area contributed by atoms with Crippen LogP contribution in [0.3, 0.4) is 0 Å². The van der Waals surface area contributed by atoms with Crippen LogP contribution < -0.4 is 0 Å². The number of aromatic nitrogens is 1. The van der Waals surface area contributed by atoms with E-state index < -0.39 is 5.97 Å². The molecule has 0 saturated heterocycles. The topological polar surface area (TPSA) is 52.3 Å². The fourth-order valence-corrected chi connectivity index (χ4v) is 1.69. The van der Waals surface area contributed by atoms with Crippen LogP contribution in [0.5, 0.6) is 0 Å². The van der Waals surface area contributed by atoms with E-state index in [2.05, 4.69) is 16.0 Å². The first-order valence-corrected chi connectivity index (χ1v) is 5.24. The molecule has 0 atom stereocenters. The summed E-state index contributed by atoms with van der Waals surface area (Å²) >= 11 is 0. The highest BCUT2D eigenvalue weighted by atomic mass is 16.5. The number of nitrogens with zero attached hydrogens (tertiary/aromatic N) is 1. The molecule has 0 unspecified atom stereocenters. The Labute approximate surface area is 99.2 Å². The first kappa shape index (κ1) is 11.4. The number of benzene rings is 1. The lowest BCUT2D eigenvalue weighted by atomic mass is 10.0. The fourth-order valence-electron chi connectivity index (χ4n) is 1.69. The number of rotatable bonds is 2. The van der Waals surface area contributed by atoms with E-state index in [1.807, 2.05) is 26.0 Å². The Kier molecular flexibility index (Phi) is 2.95. The number of carbonyl (C=O) groups excluding carboxylic acids is 1. The molecule has 0 N–H and O–H groups in total. The SMILES string of the molecule is COC(=O)c1cc(-c2ccc(C)cc2C)on1. The number of methoxy groups -OCH3 is 1. The molecule has 0 aliphatic heterocycles. The Hall–Kier alpha value is -2.10. The number of aryl methyl sites for hydroxylation is 2. The van der Waals surface area contributed by atoms with Crippen molar-refractivity contribution in [1.29, 1.82) is 0 Å². The molecule has 0 bridgehead atoms. The predicted octanol–water partition coefficient (Wildman–Crippen LogP) is 2.75. The third-order valence-corrected chi connectivity index (χ3v) is 2.55. The van der Waals surface area contributed by atoms with E-state index in [9.17, 15) is 4.79 Å². The van der Waals surface area contributed by atoms with Crippen LogP contribution in [0.4, 0.5) is 0 Å². The zero-order valence-corrected chi connectivity index (χ0v) is 9.98. The van der Waals surface area contributed by atoms with Crippen LogP contribution in [0.2, 0.25) is 0 Å². The number of hydrogen-bond acceptors (Lipinski definition) is 4. The summed E-state index contributed by atoms with van der Waals surface area (Å²) in [6.07, 6.45) is 0. The number of hydrogen-bond donors (Lipinski definition) is 0. The predicted molar refractivity (Wildman–Crippen MR) is 62.8 cm³/mol. The molecule has 0 aliphatic carbocycles. The normalized spacial score (nSPS) is 10.3. The molecule has 1 heterocycles. The quantitative estimate of drug-likeness (QED) is 0.746. The standard InChI is InChI=1S/C13H13NO3/c1-8-4-5-10(9(2)6-8)12-7-11(14-17-12)13(15)16-3/h4-7H,1-3H3. The summed E-state index contributed by atoms with van der Waals surface area (Å²) in [5.41, 5.74) is 3.37. The highest BCUT2D eigenvalue weighted by Gasteiger charge is 2.14. The van der Waals surface area contributed by atoms with Crippen molar-refractivity contribution in [2.75, 3.05) is 7.11 Å². The molecule has 0 amide bonds. The van der Waals surface area contributed by atoms with Gasteiger partial charge in [0.2, 0.25) is 0 Å². The molecule has 17 heavy (non-hydrogen) atoms. The third-order valence-electron chi connectivity index (χ3n) is 2.55. The molecule has 2 rings (SSSR count). The monoisotopic (exact) mass is 231 g/mol. The summed E-state index contributed by atoms with van der Waals surface area (Å²) in [7, 11) is 1.31. The molecular formula is C13H13NO3. The number of esters is 1. The van der Waals surface area contributed by atoms with Crippen LogP contribution in [0.25, 0.3) is 11.3 Å². The summed E-state index contributed by atoms with van der Waals surface area (Å²) in [6, 6.07) is 7.58. The van der Waals surface area contributed by atoms with Gasteiger partial charge in [0, 0.05) is 11.6 Å². The highest BCUT2D eigenvalue weighted by molar-refractivity contribution is 5.88. The molecule has 0 radical (unpaired) electrons. The van der Waals surface area contributed by atoms with Gasteiger partial charge in [0.25, 0.3) is 0 Å². The van der Waals surface area contributed by atoms with Crippen molar-refractivity contribution in [2.24, 2.45) is 0 Å². The molecule has 88 valence electrons. The van der Waals surface area contributed by atoms with Gasteiger partial charge in [-0.25, -0.2) is 4.79 Å². The van der Waals surface area contributed by atoms with Crippen molar-refractivity contribution in [3.63, 3.8) is 0 Å². The van der Waals surface area contributed by atoms with Crippen LogP contribution in [0.1, 0.15) is 21.6 Å². The molecule has 2 aromatic rings. The van der Waals surface area contributed by atoms with Crippen LogP contribution in [-0.4, -0.2) is 18.2 Å². The van der Waals surface area contributed by atoms with Gasteiger partial charge in [-0.1, -0.05) is 28.9 Å². The maximum absolute atomic E-state index is 11.3. The zero-order chi connectivity index (χ0) is 12.4. The summed E-state index contributed by atoms with van der Waals surface area (Å²) in [5.74, 6) is 0.0765. The second-order valence-electron chi connectivity index (χ2n) is 3.89. The minimum absolute atomic E-state index is 0.183. The van der Waals surface area contributed by atoms with E-state index in [0.29, 0.717) is 5.76 Å². The number of ether oxygens (including phenoxy) is 1. The first-order chi connectivity index (χ1) is 8.11. The molecule has 4 nitrogen and oxygen atoms in total. The molecule has 0 fully saturated rings. The summed E-state index contributed by atoms with van der Waals surface area (Å²) < 4.78 is 9.72. The Balaban J connectivity index is 2.40. The second-order valence-corrected chi connectivity index (χ2v) is 3.89. The summed E-state index contributed by atoms with van der Waals surface area (Å²) in [5, 5.41) is 3.68. The van der Waals surface area contributed by atoms with Crippen molar-refractivity contribution in [1.82, 2.24) is 5.16 Å². The minimum Gasteiger partial charge on any atom is -0.464 e. The summed E-state index contributed by atoms with van der Waals surface area (Å²) in [6.45, 7) is 4.01. The first-order valence-electron chi connectivity index (χ1n) is 5.24. The average molecular weight is 231 g/mol. The van der Waals surface area contributed by atoms with E-state index in [-0.39, 0.29) is 5.69 Å². The molecule has 0 spiro atoms. The lowest BCUT2D eigenvalue weighted by molar-refractivity contribution is 0.0589. The Morgan fingerprint density at radius 2 is 2.06 bits per heavy atom. The maximum Gasteiger partial charge on any atom is 0.360 e. The van der Waals surface area contributed by atoms with Gasteiger partial charge in [-0.15, -0.1) is 0 Å². The Morgan fingerprint density at radius 1 is 1.29 bits per heavy atom. The number of carbonyl (C=O) groups is 1. The fraction of sp³-hybridized carbons (Fsp3) is 0.231. The van der Waals surface area contributed by atoms with Crippen molar-refractivity contribution >= 4 is 5.97 Å². The lowest BCUT2D eigenvalue weighted by Crippen LogP contribution is -2.00.